The summed E-state index contributed by atoms with van der Waals surface area (Å²) in [4.78, 5) is 0. The van der Waals surface area contributed by atoms with Gasteiger partial charge in [-0.15, -0.1) is 0 Å². The zero-order valence-corrected chi connectivity index (χ0v) is 9.52. The molecule has 0 heterocycles. The Morgan fingerprint density at radius 1 is 0.923 bits per heavy atom. The fourth-order valence-electron chi connectivity index (χ4n) is 1.46. The summed E-state index contributed by atoms with van der Waals surface area (Å²) in [5, 5.41) is 0. The van der Waals surface area contributed by atoms with E-state index in [2.05, 4.69) is 27.7 Å². The van der Waals surface area contributed by atoms with E-state index in [1.807, 2.05) is 0 Å². The van der Waals surface area contributed by atoms with Crippen molar-refractivity contribution in [3.05, 3.63) is 13.8 Å². The van der Waals surface area contributed by atoms with Gasteiger partial charge < -0.3 is 0 Å². The minimum atomic E-state index is 0.611. The number of hydrogen-bond acceptors (Lipinski definition) is 0. The topological polar surface area (TPSA) is 0 Å². The summed E-state index contributed by atoms with van der Waals surface area (Å²) in [5.74, 6) is 1.41. The molecule has 0 aromatic rings. The molecule has 0 aliphatic carbocycles. The minimum absolute atomic E-state index is 0.611. The Kier molecular flexibility index (Phi) is 8.59. The van der Waals surface area contributed by atoms with Crippen LogP contribution < -0.4 is 0 Å². The van der Waals surface area contributed by atoms with Crippen LogP contribution >= 0.6 is 0 Å². The van der Waals surface area contributed by atoms with Crippen LogP contribution in [0.5, 0.6) is 0 Å². The van der Waals surface area contributed by atoms with Crippen LogP contribution in [0.1, 0.15) is 58.8 Å². The maximum absolute atomic E-state index is 4.06. The molecule has 0 rings (SSSR count). The van der Waals surface area contributed by atoms with Gasteiger partial charge in [0.05, 0.1) is 0 Å². The highest BCUT2D eigenvalue weighted by atomic mass is 14.1. The van der Waals surface area contributed by atoms with E-state index in [0.29, 0.717) is 5.92 Å². The molecular formula is C13H26. The van der Waals surface area contributed by atoms with Crippen LogP contribution in [0.2, 0.25) is 0 Å². The molecule has 2 unspecified atom stereocenters. The zero-order valence-electron chi connectivity index (χ0n) is 9.52. The first-order valence-corrected chi connectivity index (χ1v) is 5.80. The molecule has 13 heavy (non-hydrogen) atoms. The molecular weight excluding hydrogens is 156 g/mol. The standard InChI is InChI=1S/C13H26/c1-5-6-7-8-9-10-11-13(4)12(2)3/h12-13H,1-2,5-11H2,3-4H3. The number of hydrogen-bond donors (Lipinski definition) is 0. The highest BCUT2D eigenvalue weighted by molar-refractivity contribution is 4.63. The summed E-state index contributed by atoms with van der Waals surface area (Å²) in [5.41, 5.74) is 0. The third-order valence-electron chi connectivity index (χ3n) is 2.88. The molecule has 0 saturated carbocycles. The molecule has 0 spiro atoms. The van der Waals surface area contributed by atoms with Crippen LogP contribution in [-0.4, -0.2) is 0 Å². The first kappa shape index (κ1) is 13.0. The lowest BCUT2D eigenvalue weighted by molar-refractivity contribution is 0.402. The Labute approximate surface area is 85.1 Å². The van der Waals surface area contributed by atoms with Crippen molar-refractivity contribution >= 4 is 0 Å². The molecule has 0 aromatic heterocycles. The van der Waals surface area contributed by atoms with Crippen LogP contribution in [0, 0.1) is 25.7 Å². The average Bonchev–Trinajstić information content (AvgIpc) is 2.10. The van der Waals surface area contributed by atoms with Gasteiger partial charge in [-0.05, 0) is 11.8 Å². The number of unbranched alkanes of at least 4 members (excludes halogenated alkanes) is 5. The van der Waals surface area contributed by atoms with E-state index >= 15 is 0 Å². The van der Waals surface area contributed by atoms with Gasteiger partial charge in [-0.3, -0.25) is 0 Å². The fraction of sp³-hybridized carbons (Fsp3) is 0.846. The second-order valence-electron chi connectivity index (χ2n) is 4.36. The van der Waals surface area contributed by atoms with Gasteiger partial charge in [-0.2, -0.15) is 0 Å². The Hall–Kier alpha value is 0. The number of rotatable bonds is 8. The summed E-state index contributed by atoms with van der Waals surface area (Å²) in [6.45, 7) is 12.4. The van der Waals surface area contributed by atoms with Gasteiger partial charge in [0, 0.05) is 0 Å². The molecule has 78 valence electrons. The lowest BCUT2D eigenvalue weighted by Crippen LogP contribution is -2.03. The predicted octanol–water partition coefficient (Wildman–Crippen LogP) is 4.66. The Balaban J connectivity index is 3.07. The van der Waals surface area contributed by atoms with Crippen LogP contribution in [-0.2, 0) is 0 Å². The second kappa shape index (κ2) is 8.59. The van der Waals surface area contributed by atoms with Crippen molar-refractivity contribution in [3.8, 4) is 0 Å². The van der Waals surface area contributed by atoms with Gasteiger partial charge in [-0.25, -0.2) is 0 Å². The molecule has 2 radical (unpaired) electrons. The monoisotopic (exact) mass is 182 g/mol. The highest BCUT2D eigenvalue weighted by Crippen LogP contribution is 2.17. The van der Waals surface area contributed by atoms with Gasteiger partial charge in [-0.1, -0.05) is 72.6 Å². The third-order valence-corrected chi connectivity index (χ3v) is 2.88. The van der Waals surface area contributed by atoms with Crippen LogP contribution in [0.15, 0.2) is 0 Å². The van der Waals surface area contributed by atoms with Gasteiger partial charge >= 0.3 is 0 Å². The molecule has 0 heteroatoms. The smallest absolute Gasteiger partial charge is 0.0417 e. The quantitative estimate of drug-likeness (QED) is 0.479. The van der Waals surface area contributed by atoms with Crippen LogP contribution in [0.25, 0.3) is 0 Å². The third kappa shape index (κ3) is 8.33. The molecule has 2 atom stereocenters. The van der Waals surface area contributed by atoms with Crippen molar-refractivity contribution in [3.63, 3.8) is 0 Å². The van der Waals surface area contributed by atoms with Gasteiger partial charge in [0.2, 0.25) is 0 Å². The average molecular weight is 182 g/mol. The van der Waals surface area contributed by atoms with Crippen LogP contribution in [0.4, 0.5) is 0 Å². The minimum Gasteiger partial charge on any atom is -0.0623 e. The normalized spacial score (nSPS) is 13.6. The molecule has 0 amide bonds. The summed E-state index contributed by atoms with van der Waals surface area (Å²) >= 11 is 0. The Morgan fingerprint density at radius 3 is 2.00 bits per heavy atom. The van der Waals surface area contributed by atoms with Crippen LogP contribution in [0.3, 0.4) is 0 Å². The maximum Gasteiger partial charge on any atom is -0.0417 e. The van der Waals surface area contributed by atoms with Gasteiger partial charge in [0.1, 0.15) is 0 Å². The van der Waals surface area contributed by atoms with Crippen molar-refractivity contribution in [1.29, 1.82) is 0 Å². The second-order valence-corrected chi connectivity index (χ2v) is 4.36. The van der Waals surface area contributed by atoms with Crippen molar-refractivity contribution in [2.75, 3.05) is 0 Å². The van der Waals surface area contributed by atoms with Crippen molar-refractivity contribution in [2.45, 2.75) is 58.8 Å². The SMILES string of the molecule is [CH2]CCCCCCCC(C)C([CH2])C. The molecule has 0 fully saturated rings. The van der Waals surface area contributed by atoms with Gasteiger partial charge in [0.25, 0.3) is 0 Å². The van der Waals surface area contributed by atoms with Crippen molar-refractivity contribution < 1.29 is 0 Å². The lowest BCUT2D eigenvalue weighted by atomic mass is 9.92. The van der Waals surface area contributed by atoms with E-state index in [9.17, 15) is 0 Å². The molecule has 0 nitrogen and oxygen atoms in total. The Morgan fingerprint density at radius 2 is 1.46 bits per heavy atom. The molecule has 0 N–H and O–H groups in total. The van der Waals surface area contributed by atoms with E-state index in [0.717, 1.165) is 12.3 Å². The summed E-state index contributed by atoms with van der Waals surface area (Å²) in [7, 11) is 0. The molecule has 0 saturated heterocycles. The van der Waals surface area contributed by atoms with E-state index in [4.69, 9.17) is 0 Å². The van der Waals surface area contributed by atoms with E-state index in [1.165, 1.54) is 38.5 Å². The zero-order chi connectivity index (χ0) is 10.1. The van der Waals surface area contributed by atoms with E-state index in [1.54, 1.807) is 0 Å². The predicted molar refractivity (Wildman–Crippen MR) is 61.4 cm³/mol. The first-order chi connectivity index (χ1) is 6.18. The Bertz CT molecular complexity index is 94.2. The maximum atomic E-state index is 4.06. The molecule has 0 aliphatic heterocycles. The highest BCUT2D eigenvalue weighted by Gasteiger charge is 2.05. The van der Waals surface area contributed by atoms with Gasteiger partial charge in [0.15, 0.2) is 0 Å². The summed E-state index contributed by atoms with van der Waals surface area (Å²) in [6, 6.07) is 0. The van der Waals surface area contributed by atoms with Crippen molar-refractivity contribution in [2.24, 2.45) is 11.8 Å². The molecule has 0 aliphatic rings. The fourth-order valence-corrected chi connectivity index (χ4v) is 1.46. The van der Waals surface area contributed by atoms with E-state index < -0.39 is 0 Å². The largest absolute Gasteiger partial charge is 0.0623 e. The van der Waals surface area contributed by atoms with E-state index in [-0.39, 0.29) is 0 Å². The molecule has 0 bridgehead atoms. The summed E-state index contributed by atoms with van der Waals surface area (Å²) in [6.07, 6.45) is 9.32. The first-order valence-electron chi connectivity index (χ1n) is 5.80. The molecule has 0 aromatic carbocycles. The van der Waals surface area contributed by atoms with Crippen molar-refractivity contribution in [1.82, 2.24) is 0 Å². The summed E-state index contributed by atoms with van der Waals surface area (Å²) < 4.78 is 0. The lowest BCUT2D eigenvalue weighted by Gasteiger charge is -2.14.